The van der Waals surface area contributed by atoms with Gasteiger partial charge in [0.15, 0.2) is 0 Å². The molecule has 3 N–H and O–H groups in total. The van der Waals surface area contributed by atoms with Crippen LogP contribution < -0.4 is 20.9 Å². The normalized spacial score (nSPS) is 19.5. The van der Waals surface area contributed by atoms with Crippen molar-refractivity contribution in [3.05, 3.63) is 53.8 Å². The molecule has 2 heterocycles. The lowest BCUT2D eigenvalue weighted by atomic mass is 10.0. The summed E-state index contributed by atoms with van der Waals surface area (Å²) in [5.41, 5.74) is 2.23. The summed E-state index contributed by atoms with van der Waals surface area (Å²) in [7, 11) is 0. The van der Waals surface area contributed by atoms with Gasteiger partial charge in [0.1, 0.15) is 18.0 Å². The van der Waals surface area contributed by atoms with Crippen molar-refractivity contribution >= 4 is 29.5 Å². The number of ether oxygens (including phenoxy) is 1. The van der Waals surface area contributed by atoms with Gasteiger partial charge < -0.3 is 20.7 Å². The fourth-order valence-electron chi connectivity index (χ4n) is 3.93. The Balaban J connectivity index is 1.37. The number of rotatable bonds is 7. The van der Waals surface area contributed by atoms with Crippen LogP contribution in [0.15, 0.2) is 42.5 Å². The molecule has 0 aromatic heterocycles. The van der Waals surface area contributed by atoms with Crippen LogP contribution in [0.5, 0.6) is 0 Å². The van der Waals surface area contributed by atoms with E-state index in [2.05, 4.69) is 16.0 Å². The molecule has 0 saturated carbocycles. The van der Waals surface area contributed by atoms with Gasteiger partial charge in [-0.25, -0.2) is 9.18 Å². The summed E-state index contributed by atoms with van der Waals surface area (Å²) < 4.78 is 20.1. The van der Waals surface area contributed by atoms with Crippen molar-refractivity contribution in [1.29, 1.82) is 0 Å². The van der Waals surface area contributed by atoms with Crippen LogP contribution in [-0.4, -0.2) is 49.1 Å². The standard InChI is InChI=1S/C24H25FN4O5/c1-14(30)26-12-18-13-29(24(33)34-18)17-6-7-19(20(25)10-17)16-4-2-15(3-5-16)11-27-23(32)21-8-9-22(31)28-21/h2-7,10,18,21H,8-9,11-13H2,1H3,(H,26,30)(H,27,32)(H,28,31). The Morgan fingerprint density at radius 3 is 2.56 bits per heavy atom. The summed E-state index contributed by atoms with van der Waals surface area (Å²) in [6.45, 7) is 2.08. The van der Waals surface area contributed by atoms with Crippen molar-refractivity contribution in [2.45, 2.75) is 38.5 Å². The maximum absolute atomic E-state index is 14.9. The van der Waals surface area contributed by atoms with Crippen molar-refractivity contribution < 1.29 is 28.3 Å². The molecule has 2 fully saturated rings. The topological polar surface area (TPSA) is 117 Å². The Bertz CT molecular complexity index is 1120. The summed E-state index contributed by atoms with van der Waals surface area (Å²) in [6, 6.07) is 11.1. The van der Waals surface area contributed by atoms with E-state index < -0.39 is 24.1 Å². The van der Waals surface area contributed by atoms with Crippen LogP contribution in [0.3, 0.4) is 0 Å². The highest BCUT2D eigenvalue weighted by molar-refractivity contribution is 5.91. The van der Waals surface area contributed by atoms with Crippen molar-refractivity contribution in [2.24, 2.45) is 0 Å². The van der Waals surface area contributed by atoms with Crippen LogP contribution in [0, 0.1) is 5.82 Å². The average molecular weight is 468 g/mol. The molecule has 178 valence electrons. The molecule has 0 bridgehead atoms. The summed E-state index contributed by atoms with van der Waals surface area (Å²) in [6.07, 6.45) is -0.249. The van der Waals surface area contributed by atoms with E-state index in [1.54, 1.807) is 36.4 Å². The van der Waals surface area contributed by atoms with Gasteiger partial charge in [0, 0.05) is 25.5 Å². The van der Waals surface area contributed by atoms with E-state index in [0.717, 1.165) is 5.56 Å². The Morgan fingerprint density at radius 2 is 1.91 bits per heavy atom. The van der Waals surface area contributed by atoms with Gasteiger partial charge in [0.2, 0.25) is 17.7 Å². The number of amides is 4. The van der Waals surface area contributed by atoms with Crippen LogP contribution in [0.4, 0.5) is 14.9 Å². The molecule has 34 heavy (non-hydrogen) atoms. The fraction of sp³-hybridized carbons (Fsp3) is 0.333. The summed E-state index contributed by atoms with van der Waals surface area (Å²) >= 11 is 0. The Hall–Kier alpha value is -3.95. The number of carbonyl (C=O) groups excluding carboxylic acids is 4. The second-order valence-corrected chi connectivity index (χ2v) is 8.29. The summed E-state index contributed by atoms with van der Waals surface area (Å²) in [5, 5.41) is 8.02. The molecule has 2 saturated heterocycles. The molecule has 0 spiro atoms. The minimum Gasteiger partial charge on any atom is -0.442 e. The molecular formula is C24H25FN4O5. The largest absolute Gasteiger partial charge is 0.442 e. The smallest absolute Gasteiger partial charge is 0.414 e. The zero-order valence-electron chi connectivity index (χ0n) is 18.6. The highest BCUT2D eigenvalue weighted by atomic mass is 19.1. The van der Waals surface area contributed by atoms with E-state index in [9.17, 15) is 23.6 Å². The lowest BCUT2D eigenvalue weighted by Gasteiger charge is -2.15. The molecule has 2 aromatic rings. The molecule has 0 aliphatic carbocycles. The van der Waals surface area contributed by atoms with Gasteiger partial charge in [0.05, 0.1) is 18.8 Å². The second kappa shape index (κ2) is 9.90. The number of anilines is 1. The van der Waals surface area contributed by atoms with Gasteiger partial charge in [0.25, 0.3) is 0 Å². The zero-order chi connectivity index (χ0) is 24.2. The van der Waals surface area contributed by atoms with Crippen LogP contribution in [0.2, 0.25) is 0 Å². The first-order valence-electron chi connectivity index (χ1n) is 11.0. The lowest BCUT2D eigenvalue weighted by Crippen LogP contribution is -2.41. The molecule has 9 nitrogen and oxygen atoms in total. The monoisotopic (exact) mass is 468 g/mol. The lowest BCUT2D eigenvalue weighted by molar-refractivity contribution is -0.125. The first kappa shape index (κ1) is 23.2. The zero-order valence-corrected chi connectivity index (χ0v) is 18.6. The highest BCUT2D eigenvalue weighted by Crippen LogP contribution is 2.29. The Morgan fingerprint density at radius 1 is 1.15 bits per heavy atom. The minimum atomic E-state index is -0.592. The SMILES string of the molecule is CC(=O)NCC1CN(c2ccc(-c3ccc(CNC(=O)C4CCC(=O)N4)cc3)c(F)c2)C(=O)O1. The van der Waals surface area contributed by atoms with E-state index in [4.69, 9.17) is 4.74 Å². The molecule has 2 atom stereocenters. The van der Waals surface area contributed by atoms with E-state index in [0.29, 0.717) is 36.2 Å². The quantitative estimate of drug-likeness (QED) is 0.574. The van der Waals surface area contributed by atoms with Gasteiger partial charge in [-0.1, -0.05) is 24.3 Å². The highest BCUT2D eigenvalue weighted by Gasteiger charge is 2.32. The number of nitrogens with one attached hydrogen (secondary N) is 3. The van der Waals surface area contributed by atoms with Crippen LogP contribution >= 0.6 is 0 Å². The first-order chi connectivity index (χ1) is 16.3. The van der Waals surface area contributed by atoms with Gasteiger partial charge in [-0.3, -0.25) is 19.3 Å². The van der Waals surface area contributed by atoms with Crippen molar-refractivity contribution in [3.63, 3.8) is 0 Å². The van der Waals surface area contributed by atoms with Gasteiger partial charge in [-0.15, -0.1) is 0 Å². The van der Waals surface area contributed by atoms with Crippen molar-refractivity contribution in [3.8, 4) is 11.1 Å². The molecule has 2 aromatic carbocycles. The summed E-state index contributed by atoms with van der Waals surface area (Å²) in [5.74, 6) is -1.06. The number of cyclic esters (lactones) is 1. The van der Waals surface area contributed by atoms with E-state index in [1.807, 2.05) is 0 Å². The third-order valence-electron chi connectivity index (χ3n) is 5.76. The van der Waals surface area contributed by atoms with Crippen LogP contribution in [0.1, 0.15) is 25.3 Å². The molecule has 4 rings (SSSR count). The van der Waals surface area contributed by atoms with Gasteiger partial charge >= 0.3 is 6.09 Å². The van der Waals surface area contributed by atoms with Crippen LogP contribution in [-0.2, 0) is 25.7 Å². The molecule has 10 heteroatoms. The molecule has 4 amide bonds. The van der Waals surface area contributed by atoms with E-state index >= 15 is 0 Å². The predicted octanol–water partition coefficient (Wildman–Crippen LogP) is 1.85. The summed E-state index contributed by atoms with van der Waals surface area (Å²) in [4.78, 5) is 47.9. The molecular weight excluding hydrogens is 443 g/mol. The van der Waals surface area contributed by atoms with Crippen LogP contribution in [0.25, 0.3) is 11.1 Å². The number of nitrogens with zero attached hydrogens (tertiary/aromatic N) is 1. The van der Waals surface area contributed by atoms with Gasteiger partial charge in [-0.05, 0) is 35.7 Å². The maximum Gasteiger partial charge on any atom is 0.414 e. The molecule has 2 unspecified atom stereocenters. The predicted molar refractivity (Wildman–Crippen MR) is 121 cm³/mol. The van der Waals surface area contributed by atoms with E-state index in [-0.39, 0.29) is 30.8 Å². The maximum atomic E-state index is 14.9. The van der Waals surface area contributed by atoms with Crippen molar-refractivity contribution in [2.75, 3.05) is 18.0 Å². The third kappa shape index (κ3) is 5.33. The molecule has 0 radical (unpaired) electrons. The fourth-order valence-corrected chi connectivity index (χ4v) is 3.93. The second-order valence-electron chi connectivity index (χ2n) is 8.29. The Kier molecular flexibility index (Phi) is 6.76. The molecule has 2 aliphatic heterocycles. The number of hydrogen-bond acceptors (Lipinski definition) is 5. The number of benzene rings is 2. The minimum absolute atomic E-state index is 0.121. The van der Waals surface area contributed by atoms with Crippen molar-refractivity contribution in [1.82, 2.24) is 16.0 Å². The Labute approximate surface area is 195 Å². The molecule has 2 aliphatic rings. The number of carbonyl (C=O) groups is 4. The number of hydrogen-bond donors (Lipinski definition) is 3. The number of halogens is 1. The van der Waals surface area contributed by atoms with Gasteiger partial charge in [-0.2, -0.15) is 0 Å². The van der Waals surface area contributed by atoms with E-state index in [1.165, 1.54) is 17.9 Å². The average Bonchev–Trinajstić information content (AvgIpc) is 3.42. The first-order valence-corrected chi connectivity index (χ1v) is 11.0. The third-order valence-corrected chi connectivity index (χ3v) is 5.76.